The zero-order valence-electron chi connectivity index (χ0n) is 28.7. The number of hydrogen-bond donors (Lipinski definition) is 0. The van der Waals surface area contributed by atoms with Crippen molar-refractivity contribution in [2.75, 3.05) is 0 Å². The third kappa shape index (κ3) is 4.20. The standard InChI is InChI=1S/C40H58O4/c1-26(41)44-32-17-18-37(5)30(35(32,2)3)16-19-39(7)31(37)14-13-29-33-28(36(4)21-22-36)15-20-40(33,24-23-38(29,39)6)34(42)43-25-27-11-9-8-10-12-27/h8-12,28-33H,13-25H2,1-7H3/t28?,29-,30+,31?,32+,33?,37+,38-,39-,40+/m1/s1. The van der Waals surface area contributed by atoms with Gasteiger partial charge in [0.1, 0.15) is 12.7 Å². The van der Waals surface area contributed by atoms with Gasteiger partial charge in [-0.1, -0.05) is 71.9 Å². The van der Waals surface area contributed by atoms with E-state index in [9.17, 15) is 9.59 Å². The van der Waals surface area contributed by atoms with E-state index in [1.54, 1.807) is 6.92 Å². The SMILES string of the molecule is CC(=O)O[C@H]1CC[C@]2(C)C3CC[C@@H]4C5C(C6(C)CC6)CC[C@]5(C(=O)OCc5ccccc5)CC[C@@]4(C)[C@]3(C)CC[C@H]2C1(C)C. The van der Waals surface area contributed by atoms with Crippen molar-refractivity contribution in [2.24, 2.45) is 62.1 Å². The molecule has 4 heteroatoms. The summed E-state index contributed by atoms with van der Waals surface area (Å²) < 4.78 is 12.2. The molecule has 7 rings (SSSR count). The van der Waals surface area contributed by atoms with E-state index in [1.165, 1.54) is 44.9 Å². The van der Waals surface area contributed by atoms with Crippen molar-refractivity contribution in [3.8, 4) is 0 Å². The van der Waals surface area contributed by atoms with Crippen LogP contribution in [-0.4, -0.2) is 18.0 Å². The lowest BCUT2D eigenvalue weighted by Crippen LogP contribution is -2.67. The van der Waals surface area contributed by atoms with Gasteiger partial charge in [-0.25, -0.2) is 0 Å². The topological polar surface area (TPSA) is 52.6 Å². The molecule has 0 radical (unpaired) electrons. The molecule has 1 aromatic carbocycles. The summed E-state index contributed by atoms with van der Waals surface area (Å²) in [6.45, 7) is 17.2. The number of carbonyl (C=O) groups excluding carboxylic acids is 2. The molecule has 44 heavy (non-hydrogen) atoms. The van der Waals surface area contributed by atoms with E-state index in [4.69, 9.17) is 9.47 Å². The molecule has 0 aromatic heterocycles. The summed E-state index contributed by atoms with van der Waals surface area (Å²) in [6, 6.07) is 10.2. The van der Waals surface area contributed by atoms with Gasteiger partial charge in [0.15, 0.2) is 0 Å². The van der Waals surface area contributed by atoms with Gasteiger partial charge >= 0.3 is 11.9 Å². The molecule has 1 aromatic rings. The van der Waals surface area contributed by atoms with Crippen molar-refractivity contribution in [1.82, 2.24) is 0 Å². The minimum atomic E-state index is -0.316. The van der Waals surface area contributed by atoms with Crippen LogP contribution in [0.5, 0.6) is 0 Å². The zero-order chi connectivity index (χ0) is 31.3. The Kier molecular flexibility index (Phi) is 7.05. The second-order valence-electron chi connectivity index (χ2n) is 18.2. The van der Waals surface area contributed by atoms with Crippen LogP contribution in [-0.2, 0) is 25.7 Å². The summed E-state index contributed by atoms with van der Waals surface area (Å²) in [5, 5.41) is 0. The quantitative estimate of drug-likeness (QED) is 0.315. The normalized spacial score (nSPS) is 46.4. The number of hydrogen-bond acceptors (Lipinski definition) is 4. The molecule has 0 N–H and O–H groups in total. The number of benzene rings is 1. The van der Waals surface area contributed by atoms with E-state index in [0.717, 1.165) is 37.7 Å². The first-order valence-corrected chi connectivity index (χ1v) is 18.1. The second kappa shape index (κ2) is 10.1. The van der Waals surface area contributed by atoms with E-state index < -0.39 is 0 Å². The third-order valence-electron chi connectivity index (χ3n) is 16.2. The van der Waals surface area contributed by atoms with Crippen LogP contribution < -0.4 is 0 Å². The average molecular weight is 603 g/mol. The smallest absolute Gasteiger partial charge is 0.312 e. The van der Waals surface area contributed by atoms with Gasteiger partial charge in [-0.15, -0.1) is 0 Å². The highest BCUT2D eigenvalue weighted by Crippen LogP contribution is 2.79. The molecule has 6 aliphatic rings. The fraction of sp³-hybridized carbons (Fsp3) is 0.800. The monoisotopic (exact) mass is 602 g/mol. The van der Waals surface area contributed by atoms with E-state index >= 15 is 0 Å². The predicted octanol–water partition coefficient (Wildman–Crippen LogP) is 9.54. The van der Waals surface area contributed by atoms with Crippen LogP contribution in [0.4, 0.5) is 0 Å². The van der Waals surface area contributed by atoms with Crippen molar-refractivity contribution in [3.05, 3.63) is 35.9 Å². The van der Waals surface area contributed by atoms with E-state index in [0.29, 0.717) is 41.6 Å². The molecule has 3 unspecified atom stereocenters. The summed E-state index contributed by atoms with van der Waals surface area (Å²) in [5.74, 6) is 2.86. The zero-order valence-corrected chi connectivity index (χ0v) is 28.7. The minimum Gasteiger partial charge on any atom is -0.462 e. The molecule has 6 aliphatic carbocycles. The van der Waals surface area contributed by atoms with Crippen molar-refractivity contribution in [1.29, 1.82) is 0 Å². The molecule has 6 saturated carbocycles. The van der Waals surface area contributed by atoms with Crippen LogP contribution in [0.1, 0.15) is 131 Å². The number of rotatable bonds is 5. The first-order valence-electron chi connectivity index (χ1n) is 18.1. The Morgan fingerprint density at radius 3 is 2.14 bits per heavy atom. The van der Waals surface area contributed by atoms with Gasteiger partial charge in [-0.2, -0.15) is 0 Å². The van der Waals surface area contributed by atoms with E-state index in [1.807, 2.05) is 18.2 Å². The molecule has 0 saturated heterocycles. The Labute approximate surface area is 266 Å². The molecule has 0 amide bonds. The number of fused-ring (bicyclic) bond motifs is 7. The predicted molar refractivity (Wildman–Crippen MR) is 173 cm³/mol. The first-order chi connectivity index (χ1) is 20.7. The van der Waals surface area contributed by atoms with Gasteiger partial charge in [-0.05, 0) is 134 Å². The number of ether oxygens (including phenoxy) is 2. The highest BCUT2D eigenvalue weighted by Gasteiger charge is 2.73. The van der Waals surface area contributed by atoms with Crippen LogP contribution in [0.15, 0.2) is 30.3 Å². The van der Waals surface area contributed by atoms with E-state index in [-0.39, 0.29) is 45.1 Å². The van der Waals surface area contributed by atoms with Crippen LogP contribution >= 0.6 is 0 Å². The van der Waals surface area contributed by atoms with Crippen molar-refractivity contribution < 1.29 is 19.1 Å². The van der Waals surface area contributed by atoms with Crippen LogP contribution in [0, 0.1) is 62.1 Å². The van der Waals surface area contributed by atoms with Gasteiger partial charge in [0.2, 0.25) is 0 Å². The van der Waals surface area contributed by atoms with Gasteiger partial charge in [0.05, 0.1) is 5.41 Å². The van der Waals surface area contributed by atoms with Crippen molar-refractivity contribution in [3.63, 3.8) is 0 Å². The van der Waals surface area contributed by atoms with Crippen molar-refractivity contribution in [2.45, 2.75) is 138 Å². The van der Waals surface area contributed by atoms with Gasteiger partial charge in [0, 0.05) is 12.3 Å². The molecule has 242 valence electrons. The summed E-state index contributed by atoms with van der Waals surface area (Å²) in [6.07, 6.45) is 14.1. The fourth-order valence-electron chi connectivity index (χ4n) is 13.5. The Hall–Kier alpha value is -1.84. The molecule has 6 fully saturated rings. The second-order valence-corrected chi connectivity index (χ2v) is 18.2. The number of carbonyl (C=O) groups is 2. The molecule has 4 nitrogen and oxygen atoms in total. The third-order valence-corrected chi connectivity index (χ3v) is 16.2. The highest BCUT2D eigenvalue weighted by molar-refractivity contribution is 5.78. The lowest BCUT2D eigenvalue weighted by molar-refractivity contribution is -0.252. The molecular weight excluding hydrogens is 544 g/mol. The molecule has 0 heterocycles. The lowest BCUT2D eigenvalue weighted by atomic mass is 9.32. The summed E-state index contributed by atoms with van der Waals surface area (Å²) in [4.78, 5) is 26.4. The Morgan fingerprint density at radius 2 is 1.45 bits per heavy atom. The van der Waals surface area contributed by atoms with E-state index in [2.05, 4.69) is 53.7 Å². The maximum absolute atomic E-state index is 14.4. The molecule has 0 aliphatic heterocycles. The van der Waals surface area contributed by atoms with Crippen LogP contribution in [0.25, 0.3) is 0 Å². The number of esters is 2. The first kappa shape index (κ1) is 30.8. The summed E-state index contributed by atoms with van der Waals surface area (Å²) >= 11 is 0. The molecule has 0 spiro atoms. The maximum Gasteiger partial charge on any atom is 0.312 e. The fourth-order valence-corrected chi connectivity index (χ4v) is 13.5. The summed E-state index contributed by atoms with van der Waals surface area (Å²) in [5.41, 5.74) is 1.89. The minimum absolute atomic E-state index is 0.0148. The van der Waals surface area contributed by atoms with Gasteiger partial charge < -0.3 is 9.47 Å². The highest BCUT2D eigenvalue weighted by atomic mass is 16.5. The Bertz CT molecular complexity index is 1300. The molecular formula is C40H58O4. The Balaban J connectivity index is 1.21. The van der Waals surface area contributed by atoms with Crippen LogP contribution in [0.3, 0.4) is 0 Å². The van der Waals surface area contributed by atoms with Crippen molar-refractivity contribution >= 4 is 11.9 Å². The summed E-state index contributed by atoms with van der Waals surface area (Å²) in [7, 11) is 0. The average Bonchev–Trinajstić information content (AvgIpc) is 3.59. The maximum atomic E-state index is 14.4. The van der Waals surface area contributed by atoms with Crippen LogP contribution in [0.2, 0.25) is 0 Å². The Morgan fingerprint density at radius 1 is 0.727 bits per heavy atom. The van der Waals surface area contributed by atoms with Gasteiger partial charge in [-0.3, -0.25) is 9.59 Å². The largest absolute Gasteiger partial charge is 0.462 e. The molecule has 0 bridgehead atoms. The molecule has 10 atom stereocenters. The van der Waals surface area contributed by atoms with Gasteiger partial charge in [0.25, 0.3) is 0 Å². The lowest BCUT2D eigenvalue weighted by Gasteiger charge is -2.72.